The lowest BCUT2D eigenvalue weighted by Crippen LogP contribution is -2.30. The zero-order valence-corrected chi connectivity index (χ0v) is 18.7. The van der Waals surface area contributed by atoms with Crippen LogP contribution in [-0.2, 0) is 16.6 Å². The van der Waals surface area contributed by atoms with Crippen LogP contribution in [0.1, 0.15) is 28.4 Å². The lowest BCUT2D eigenvalue weighted by molar-refractivity contribution is 0.102. The van der Waals surface area contributed by atoms with Gasteiger partial charge in [0.25, 0.3) is 5.91 Å². The van der Waals surface area contributed by atoms with Crippen molar-refractivity contribution in [3.8, 4) is 0 Å². The predicted molar refractivity (Wildman–Crippen MR) is 120 cm³/mol. The molecule has 0 atom stereocenters. The number of carbonyl (C=O) groups is 1. The summed E-state index contributed by atoms with van der Waals surface area (Å²) in [5.74, 6) is -1.58. The van der Waals surface area contributed by atoms with Crippen LogP contribution in [0.15, 0.2) is 71.6 Å². The first-order valence-electron chi connectivity index (χ1n) is 9.63. The van der Waals surface area contributed by atoms with Crippen LogP contribution in [0.3, 0.4) is 0 Å². The van der Waals surface area contributed by atoms with E-state index in [1.807, 2.05) is 37.3 Å². The van der Waals surface area contributed by atoms with E-state index in [1.165, 1.54) is 4.31 Å². The van der Waals surface area contributed by atoms with Gasteiger partial charge < -0.3 is 5.32 Å². The van der Waals surface area contributed by atoms with Crippen LogP contribution in [0.25, 0.3) is 0 Å². The molecule has 1 N–H and O–H groups in total. The number of nitrogens with one attached hydrogen (secondary N) is 1. The van der Waals surface area contributed by atoms with Crippen molar-refractivity contribution in [1.82, 2.24) is 4.31 Å². The molecule has 0 aliphatic carbocycles. The number of hydrogen-bond donors (Lipinski definition) is 1. The predicted octanol–water partition coefficient (Wildman–Crippen LogP) is 5.25. The average molecular weight is 461 g/mol. The van der Waals surface area contributed by atoms with Gasteiger partial charge in [-0.1, -0.05) is 54.9 Å². The topological polar surface area (TPSA) is 66.5 Å². The molecule has 5 nitrogen and oxygen atoms in total. The minimum Gasteiger partial charge on any atom is -0.322 e. The zero-order valence-electron chi connectivity index (χ0n) is 17.1. The van der Waals surface area contributed by atoms with E-state index >= 15 is 0 Å². The molecule has 0 unspecified atom stereocenters. The second kappa shape index (κ2) is 9.60. The Morgan fingerprint density at radius 2 is 1.77 bits per heavy atom. The summed E-state index contributed by atoms with van der Waals surface area (Å²) in [5.41, 5.74) is 1.67. The summed E-state index contributed by atoms with van der Waals surface area (Å²) in [5, 5.41) is 3.01. The Labute approximate surface area is 186 Å². The maximum absolute atomic E-state index is 14.4. The van der Waals surface area contributed by atoms with Gasteiger partial charge in [-0.3, -0.25) is 4.79 Å². The molecule has 0 heterocycles. The first kappa shape index (κ1) is 22.9. The van der Waals surface area contributed by atoms with Crippen molar-refractivity contribution < 1.29 is 17.6 Å². The Kier molecular flexibility index (Phi) is 7.10. The molecule has 162 valence electrons. The number of halogens is 2. The summed E-state index contributed by atoms with van der Waals surface area (Å²) < 4.78 is 42.0. The van der Waals surface area contributed by atoms with E-state index in [1.54, 1.807) is 25.1 Å². The third-order valence-corrected chi connectivity index (χ3v) is 7.13. The fourth-order valence-corrected chi connectivity index (χ4v) is 4.66. The molecule has 0 bridgehead atoms. The minimum absolute atomic E-state index is 0.154. The normalized spacial score (nSPS) is 11.5. The molecule has 1 amide bonds. The lowest BCUT2D eigenvalue weighted by atomic mass is 10.2. The van der Waals surface area contributed by atoms with Gasteiger partial charge in [0.1, 0.15) is 5.82 Å². The largest absolute Gasteiger partial charge is 0.322 e. The molecule has 0 fully saturated rings. The molecule has 31 heavy (non-hydrogen) atoms. The summed E-state index contributed by atoms with van der Waals surface area (Å²) in [7, 11) is -3.94. The highest BCUT2D eigenvalue weighted by Crippen LogP contribution is 2.24. The molecule has 0 aliphatic rings. The first-order valence-corrected chi connectivity index (χ1v) is 11.5. The Hall–Kier alpha value is -2.74. The summed E-state index contributed by atoms with van der Waals surface area (Å²) in [6.45, 7) is 3.92. The van der Waals surface area contributed by atoms with Crippen LogP contribution in [-0.4, -0.2) is 25.2 Å². The van der Waals surface area contributed by atoms with Gasteiger partial charge in [0, 0.05) is 23.8 Å². The zero-order chi connectivity index (χ0) is 22.6. The maximum Gasteiger partial charge on any atom is 0.258 e. The third-order valence-electron chi connectivity index (χ3n) is 4.80. The van der Waals surface area contributed by atoms with Gasteiger partial charge in [-0.15, -0.1) is 0 Å². The standard InChI is InChI=1S/C23H22ClFN2O3S/c1-3-27(15-17-7-5-4-6-8-17)31(29,30)19-11-12-22(25)20(14-19)23(28)26-18-10-9-16(2)21(24)13-18/h4-14H,3,15H2,1-2H3,(H,26,28). The van der Waals surface area contributed by atoms with Crippen LogP contribution >= 0.6 is 11.6 Å². The summed E-state index contributed by atoms with van der Waals surface area (Å²) in [4.78, 5) is 12.5. The number of amides is 1. The summed E-state index contributed by atoms with van der Waals surface area (Å²) in [6, 6.07) is 17.3. The molecular weight excluding hydrogens is 439 g/mol. The van der Waals surface area contributed by atoms with Crippen molar-refractivity contribution in [2.75, 3.05) is 11.9 Å². The lowest BCUT2D eigenvalue weighted by Gasteiger charge is -2.21. The molecule has 0 saturated carbocycles. The van der Waals surface area contributed by atoms with Gasteiger partial charge in [-0.05, 0) is 48.4 Å². The molecule has 0 saturated heterocycles. The van der Waals surface area contributed by atoms with Gasteiger partial charge in [0.2, 0.25) is 10.0 Å². The molecule has 0 aliphatic heterocycles. The van der Waals surface area contributed by atoms with Gasteiger partial charge >= 0.3 is 0 Å². The number of benzene rings is 3. The van der Waals surface area contributed by atoms with Crippen molar-refractivity contribution in [3.63, 3.8) is 0 Å². The van der Waals surface area contributed by atoms with E-state index in [0.717, 1.165) is 29.3 Å². The van der Waals surface area contributed by atoms with E-state index in [2.05, 4.69) is 5.32 Å². The average Bonchev–Trinajstić information content (AvgIpc) is 2.75. The number of carbonyl (C=O) groups excluding carboxylic acids is 1. The van der Waals surface area contributed by atoms with Gasteiger partial charge in [0.05, 0.1) is 10.5 Å². The van der Waals surface area contributed by atoms with Gasteiger partial charge in [-0.2, -0.15) is 4.31 Å². The Balaban J connectivity index is 1.89. The minimum atomic E-state index is -3.94. The number of sulfonamides is 1. The highest BCUT2D eigenvalue weighted by molar-refractivity contribution is 7.89. The maximum atomic E-state index is 14.4. The molecule has 8 heteroatoms. The number of rotatable bonds is 7. The summed E-state index contributed by atoms with van der Waals surface area (Å²) in [6.07, 6.45) is 0. The van der Waals surface area contributed by atoms with Crippen molar-refractivity contribution in [2.45, 2.75) is 25.3 Å². The molecule has 0 aromatic heterocycles. The van der Waals surface area contributed by atoms with Gasteiger partial charge in [-0.25, -0.2) is 12.8 Å². The van der Waals surface area contributed by atoms with Crippen LogP contribution in [0.4, 0.5) is 10.1 Å². The van der Waals surface area contributed by atoms with Gasteiger partial charge in [0.15, 0.2) is 0 Å². The number of hydrogen-bond acceptors (Lipinski definition) is 3. The number of anilines is 1. The Morgan fingerprint density at radius 1 is 1.06 bits per heavy atom. The number of nitrogens with zero attached hydrogens (tertiary/aromatic N) is 1. The summed E-state index contributed by atoms with van der Waals surface area (Å²) >= 11 is 6.07. The molecule has 3 aromatic carbocycles. The van der Waals surface area contributed by atoms with E-state index < -0.39 is 21.7 Å². The van der Waals surface area contributed by atoms with Crippen molar-refractivity contribution in [1.29, 1.82) is 0 Å². The third kappa shape index (κ3) is 5.31. The monoisotopic (exact) mass is 460 g/mol. The molecule has 3 aromatic rings. The Bertz CT molecular complexity index is 1200. The van der Waals surface area contributed by atoms with Crippen LogP contribution in [0.2, 0.25) is 5.02 Å². The molecule has 3 rings (SSSR count). The van der Waals surface area contributed by atoms with E-state index in [-0.39, 0.29) is 23.5 Å². The number of aryl methyl sites for hydroxylation is 1. The van der Waals surface area contributed by atoms with E-state index in [0.29, 0.717) is 10.7 Å². The van der Waals surface area contributed by atoms with Crippen molar-refractivity contribution in [3.05, 3.63) is 94.3 Å². The quantitative estimate of drug-likeness (QED) is 0.523. The first-order chi connectivity index (χ1) is 14.7. The second-order valence-corrected chi connectivity index (χ2v) is 9.32. The van der Waals surface area contributed by atoms with Crippen molar-refractivity contribution in [2.24, 2.45) is 0 Å². The second-order valence-electron chi connectivity index (χ2n) is 6.98. The highest BCUT2D eigenvalue weighted by atomic mass is 35.5. The smallest absolute Gasteiger partial charge is 0.258 e. The fourth-order valence-electron chi connectivity index (χ4n) is 3.01. The van der Waals surface area contributed by atoms with E-state index in [4.69, 9.17) is 11.6 Å². The molecular formula is C23H22ClFN2O3S. The highest BCUT2D eigenvalue weighted by Gasteiger charge is 2.25. The van der Waals surface area contributed by atoms with Crippen LogP contribution < -0.4 is 5.32 Å². The van der Waals surface area contributed by atoms with Crippen LogP contribution in [0.5, 0.6) is 0 Å². The Morgan fingerprint density at radius 3 is 2.42 bits per heavy atom. The molecule has 0 radical (unpaired) electrons. The SMILES string of the molecule is CCN(Cc1ccccc1)S(=O)(=O)c1ccc(F)c(C(=O)Nc2ccc(C)c(Cl)c2)c1. The fraction of sp³-hybridized carbons (Fsp3) is 0.174. The van der Waals surface area contributed by atoms with Crippen LogP contribution in [0, 0.1) is 12.7 Å². The van der Waals surface area contributed by atoms with Crippen molar-refractivity contribution >= 4 is 33.2 Å². The van der Waals surface area contributed by atoms with E-state index in [9.17, 15) is 17.6 Å². The molecule has 0 spiro atoms.